The van der Waals surface area contributed by atoms with E-state index in [1.165, 1.54) is 12.1 Å². The second-order valence-corrected chi connectivity index (χ2v) is 9.21. The van der Waals surface area contributed by atoms with E-state index in [4.69, 9.17) is 39.5 Å². The third-order valence-electron chi connectivity index (χ3n) is 4.27. The maximum Gasteiger partial charge on any atom is 0.423 e. The van der Waals surface area contributed by atoms with Gasteiger partial charge in [0.2, 0.25) is 5.60 Å². The first-order chi connectivity index (χ1) is 14.6. The van der Waals surface area contributed by atoms with E-state index in [9.17, 15) is 23.1 Å². The van der Waals surface area contributed by atoms with Gasteiger partial charge in [0.15, 0.2) is 0 Å². The molecule has 5 nitrogen and oxygen atoms in total. The fourth-order valence-electron chi connectivity index (χ4n) is 2.62. The number of carbonyl (C=O) groups excluding carboxylic acids is 1. The lowest BCUT2D eigenvalue weighted by atomic mass is 9.92. The molecule has 0 fully saturated rings. The van der Waals surface area contributed by atoms with Gasteiger partial charge in [-0.3, -0.25) is 0 Å². The molecular weight excluding hydrogens is 492 g/mol. The first-order valence-electron chi connectivity index (χ1n) is 9.36. The predicted molar refractivity (Wildman–Crippen MR) is 119 cm³/mol. The molecule has 0 aliphatic carbocycles. The van der Waals surface area contributed by atoms with E-state index in [0.29, 0.717) is 11.3 Å². The number of anilines is 1. The molecule has 0 aliphatic heterocycles. The van der Waals surface area contributed by atoms with Gasteiger partial charge in [0.25, 0.3) is 0 Å². The van der Waals surface area contributed by atoms with Crippen LogP contribution in [0.15, 0.2) is 36.4 Å². The summed E-state index contributed by atoms with van der Waals surface area (Å²) in [5, 5.41) is 15.1. The Bertz CT molecular complexity index is 940. The zero-order valence-electron chi connectivity index (χ0n) is 17.4. The van der Waals surface area contributed by atoms with Gasteiger partial charge in [-0.1, -0.05) is 46.9 Å². The number of carbonyl (C=O) groups is 1. The molecule has 0 bridgehead atoms. The molecule has 2 rings (SSSR count). The molecule has 0 aliphatic rings. The van der Waals surface area contributed by atoms with Crippen LogP contribution in [0.5, 0.6) is 0 Å². The number of halogens is 6. The number of benzene rings is 2. The number of alkyl halides is 3. The molecule has 0 unspecified atom stereocenters. The maximum absolute atomic E-state index is 13.8. The summed E-state index contributed by atoms with van der Waals surface area (Å²) in [5.74, 6) is 0. The van der Waals surface area contributed by atoms with Crippen LogP contribution >= 0.6 is 34.8 Å². The quantitative estimate of drug-likeness (QED) is 0.384. The van der Waals surface area contributed by atoms with Crippen molar-refractivity contribution < 1.29 is 27.8 Å². The van der Waals surface area contributed by atoms with Crippen LogP contribution in [0.4, 0.5) is 23.7 Å². The normalized spacial score (nSPS) is 13.9. The number of hydrogen-bond acceptors (Lipinski definition) is 4. The number of rotatable bonds is 6. The van der Waals surface area contributed by atoms with E-state index in [-0.39, 0.29) is 21.6 Å². The number of ether oxygens (including phenoxy) is 1. The second kappa shape index (κ2) is 9.95. The summed E-state index contributed by atoms with van der Waals surface area (Å²) in [6, 6.07) is 8.12. The Hall–Kier alpha value is -1.87. The third-order valence-corrected chi connectivity index (χ3v) is 5.47. The molecule has 2 aromatic carbocycles. The minimum Gasteiger partial charge on any atom is -0.444 e. The van der Waals surface area contributed by atoms with Gasteiger partial charge in [-0.05, 0) is 56.2 Å². The SMILES string of the molecule is CC(C)(C)OC(=O)NCc1ccc(NC[C@@](O)(c2cc(Cl)c(Cl)c(Cl)c2)C(F)(F)F)cc1. The van der Waals surface area contributed by atoms with Gasteiger partial charge in [-0.25, -0.2) is 4.79 Å². The molecule has 176 valence electrons. The summed E-state index contributed by atoms with van der Waals surface area (Å²) >= 11 is 17.5. The Morgan fingerprint density at radius 1 is 1.03 bits per heavy atom. The highest BCUT2D eigenvalue weighted by molar-refractivity contribution is 6.48. The molecule has 2 aromatic rings. The molecule has 32 heavy (non-hydrogen) atoms. The first-order valence-corrected chi connectivity index (χ1v) is 10.5. The average Bonchev–Trinajstić information content (AvgIpc) is 2.66. The van der Waals surface area contributed by atoms with Gasteiger partial charge in [-0.15, -0.1) is 0 Å². The Labute approximate surface area is 198 Å². The number of hydrogen-bond donors (Lipinski definition) is 3. The summed E-state index contributed by atoms with van der Waals surface area (Å²) < 4.78 is 46.4. The van der Waals surface area contributed by atoms with Crippen LogP contribution in [-0.4, -0.2) is 29.5 Å². The standard InChI is InChI=1S/C21H22Cl3F3N2O3/c1-19(2,3)32-18(30)28-10-12-4-6-14(7-5-12)29-11-20(31,21(25,26)27)13-8-15(22)17(24)16(23)9-13/h4-9,29,31H,10-11H2,1-3H3,(H,28,30)/t20-/m1/s1. The van der Waals surface area contributed by atoms with Crippen LogP contribution in [-0.2, 0) is 16.9 Å². The van der Waals surface area contributed by atoms with E-state index < -0.39 is 35.6 Å². The van der Waals surface area contributed by atoms with Crippen molar-refractivity contribution in [3.8, 4) is 0 Å². The summed E-state index contributed by atoms with van der Waals surface area (Å²) in [6.07, 6.45) is -5.62. The summed E-state index contributed by atoms with van der Waals surface area (Å²) in [5.41, 5.74) is -3.44. The van der Waals surface area contributed by atoms with Crippen LogP contribution in [0.2, 0.25) is 15.1 Å². The second-order valence-electron chi connectivity index (χ2n) is 8.02. The molecule has 0 saturated carbocycles. The Kier molecular flexibility index (Phi) is 8.20. The highest BCUT2D eigenvalue weighted by Crippen LogP contribution is 2.43. The maximum atomic E-state index is 13.8. The number of aliphatic hydroxyl groups is 1. The summed E-state index contributed by atoms with van der Waals surface area (Å²) in [6.45, 7) is 4.48. The molecule has 0 radical (unpaired) electrons. The monoisotopic (exact) mass is 512 g/mol. The number of alkyl carbamates (subject to hydrolysis) is 1. The van der Waals surface area contributed by atoms with E-state index in [2.05, 4.69) is 10.6 Å². The zero-order valence-corrected chi connectivity index (χ0v) is 19.7. The fraction of sp³-hybridized carbons (Fsp3) is 0.381. The van der Waals surface area contributed by atoms with E-state index in [1.807, 2.05) is 0 Å². The largest absolute Gasteiger partial charge is 0.444 e. The van der Waals surface area contributed by atoms with Crippen LogP contribution < -0.4 is 10.6 Å². The Balaban J connectivity index is 2.10. The topological polar surface area (TPSA) is 70.6 Å². The van der Waals surface area contributed by atoms with Crippen molar-refractivity contribution in [2.75, 3.05) is 11.9 Å². The molecule has 1 atom stereocenters. The highest BCUT2D eigenvalue weighted by Gasteiger charge is 2.55. The fourth-order valence-corrected chi connectivity index (χ4v) is 3.22. The van der Waals surface area contributed by atoms with Crippen molar-refractivity contribution >= 4 is 46.6 Å². The van der Waals surface area contributed by atoms with Gasteiger partial charge in [0, 0.05) is 12.2 Å². The Morgan fingerprint density at radius 3 is 2.03 bits per heavy atom. The van der Waals surface area contributed by atoms with Crippen LogP contribution in [0.25, 0.3) is 0 Å². The lowest BCUT2D eigenvalue weighted by molar-refractivity contribution is -0.260. The number of nitrogens with one attached hydrogen (secondary N) is 2. The molecular formula is C21H22Cl3F3N2O3. The van der Waals surface area contributed by atoms with Crippen molar-refractivity contribution in [1.29, 1.82) is 0 Å². The third kappa shape index (κ3) is 6.81. The highest BCUT2D eigenvalue weighted by atomic mass is 35.5. The lowest BCUT2D eigenvalue weighted by Crippen LogP contribution is -2.47. The molecule has 3 N–H and O–H groups in total. The summed E-state index contributed by atoms with van der Waals surface area (Å²) in [7, 11) is 0. The van der Waals surface area contributed by atoms with E-state index in [1.54, 1.807) is 32.9 Å². The molecule has 1 amide bonds. The van der Waals surface area contributed by atoms with Gasteiger partial charge in [0.1, 0.15) is 5.60 Å². The van der Waals surface area contributed by atoms with Crippen molar-refractivity contribution in [1.82, 2.24) is 5.32 Å². The Morgan fingerprint density at radius 2 is 1.56 bits per heavy atom. The molecule has 11 heteroatoms. The van der Waals surface area contributed by atoms with Crippen LogP contribution in [0, 0.1) is 0 Å². The molecule has 0 aromatic heterocycles. The van der Waals surface area contributed by atoms with Crippen molar-refractivity contribution in [3.05, 3.63) is 62.6 Å². The minimum absolute atomic E-state index is 0.106. The van der Waals surface area contributed by atoms with Crippen molar-refractivity contribution in [3.63, 3.8) is 0 Å². The predicted octanol–water partition coefficient (Wildman–Crippen LogP) is 6.53. The van der Waals surface area contributed by atoms with E-state index >= 15 is 0 Å². The van der Waals surface area contributed by atoms with Gasteiger partial charge < -0.3 is 20.5 Å². The van der Waals surface area contributed by atoms with Crippen LogP contribution in [0.3, 0.4) is 0 Å². The van der Waals surface area contributed by atoms with Gasteiger partial charge in [0.05, 0.1) is 21.6 Å². The minimum atomic E-state index is -5.03. The molecule has 0 spiro atoms. The van der Waals surface area contributed by atoms with Gasteiger partial charge >= 0.3 is 12.3 Å². The number of amides is 1. The van der Waals surface area contributed by atoms with E-state index in [0.717, 1.165) is 12.1 Å². The summed E-state index contributed by atoms with van der Waals surface area (Å²) in [4.78, 5) is 11.7. The van der Waals surface area contributed by atoms with Crippen molar-refractivity contribution in [2.45, 2.75) is 44.7 Å². The molecule has 0 heterocycles. The average molecular weight is 514 g/mol. The van der Waals surface area contributed by atoms with Crippen molar-refractivity contribution in [2.24, 2.45) is 0 Å². The first kappa shape index (κ1) is 26.4. The van der Waals surface area contributed by atoms with Gasteiger partial charge in [-0.2, -0.15) is 13.2 Å². The smallest absolute Gasteiger partial charge is 0.423 e. The zero-order chi connectivity index (χ0) is 24.3. The van der Waals surface area contributed by atoms with Crippen LogP contribution in [0.1, 0.15) is 31.9 Å². The molecule has 0 saturated heterocycles. The lowest BCUT2D eigenvalue weighted by Gasteiger charge is -2.32.